The molecule has 0 saturated carbocycles. The molecule has 1 rings (SSSR count). The van der Waals surface area contributed by atoms with Crippen LogP contribution in [0.2, 0.25) is 0 Å². The molecule has 0 spiro atoms. The molecular formula is C16H28FN3. The van der Waals surface area contributed by atoms with E-state index in [1.807, 2.05) is 0 Å². The molecule has 0 aliphatic rings. The fourth-order valence-corrected chi connectivity index (χ4v) is 2.87. The fourth-order valence-electron chi connectivity index (χ4n) is 2.87. The minimum Gasteiger partial charge on any atom is -0.308 e. The highest BCUT2D eigenvalue weighted by atomic mass is 19.1. The third-order valence-electron chi connectivity index (χ3n) is 3.94. The van der Waals surface area contributed by atoms with Crippen LogP contribution in [0.3, 0.4) is 0 Å². The van der Waals surface area contributed by atoms with Crippen LogP contribution >= 0.6 is 0 Å². The largest absolute Gasteiger partial charge is 0.308 e. The maximum absolute atomic E-state index is 13.5. The summed E-state index contributed by atoms with van der Waals surface area (Å²) >= 11 is 0. The Hall–Kier alpha value is -1.00. The van der Waals surface area contributed by atoms with Gasteiger partial charge in [0.15, 0.2) is 0 Å². The van der Waals surface area contributed by atoms with Gasteiger partial charge in [0.1, 0.15) is 5.82 Å². The summed E-state index contributed by atoms with van der Waals surface area (Å²) in [6.45, 7) is 13.7. The zero-order valence-electron chi connectivity index (χ0n) is 13.4. The van der Waals surface area contributed by atoms with Crippen LogP contribution in [0.25, 0.3) is 0 Å². The first kappa shape index (κ1) is 17.1. The maximum atomic E-state index is 13.5. The highest BCUT2D eigenvalue weighted by Crippen LogP contribution is 2.31. The van der Waals surface area contributed by atoms with Gasteiger partial charge >= 0.3 is 0 Å². The first-order valence-electron chi connectivity index (χ1n) is 7.56. The first-order chi connectivity index (χ1) is 9.47. The van der Waals surface area contributed by atoms with E-state index in [4.69, 9.17) is 0 Å². The average Bonchev–Trinajstić information content (AvgIpc) is 2.40. The molecule has 0 aromatic carbocycles. The van der Waals surface area contributed by atoms with Crippen LogP contribution in [0.4, 0.5) is 4.39 Å². The molecule has 1 heterocycles. The van der Waals surface area contributed by atoms with Gasteiger partial charge in [0, 0.05) is 11.7 Å². The van der Waals surface area contributed by atoms with Gasteiger partial charge in [-0.2, -0.15) is 0 Å². The SMILES string of the molecule is CCCNC(c1cncc(F)c1)C(C)(C)N(CC)CC. The second-order valence-electron chi connectivity index (χ2n) is 5.65. The molecule has 20 heavy (non-hydrogen) atoms. The molecule has 0 bridgehead atoms. The lowest BCUT2D eigenvalue weighted by Crippen LogP contribution is -2.52. The Kier molecular flexibility index (Phi) is 6.56. The Balaban J connectivity index is 3.10. The van der Waals surface area contributed by atoms with Gasteiger partial charge in [0.2, 0.25) is 0 Å². The molecule has 1 N–H and O–H groups in total. The Morgan fingerprint density at radius 2 is 1.90 bits per heavy atom. The predicted octanol–water partition coefficient (Wildman–Crippen LogP) is 3.38. The number of hydrogen-bond donors (Lipinski definition) is 1. The summed E-state index contributed by atoms with van der Waals surface area (Å²) in [6.07, 6.45) is 4.07. The van der Waals surface area contributed by atoms with E-state index in [1.54, 1.807) is 12.3 Å². The number of rotatable bonds is 8. The van der Waals surface area contributed by atoms with Crippen LogP contribution < -0.4 is 5.32 Å². The van der Waals surface area contributed by atoms with Crippen LogP contribution in [0.15, 0.2) is 18.5 Å². The highest BCUT2D eigenvalue weighted by Gasteiger charge is 2.35. The zero-order valence-corrected chi connectivity index (χ0v) is 13.4. The van der Waals surface area contributed by atoms with Crippen molar-refractivity contribution >= 4 is 0 Å². The molecule has 0 saturated heterocycles. The van der Waals surface area contributed by atoms with Crippen LogP contribution in [-0.4, -0.2) is 35.1 Å². The first-order valence-corrected chi connectivity index (χ1v) is 7.56. The van der Waals surface area contributed by atoms with Crippen LogP contribution in [-0.2, 0) is 0 Å². The van der Waals surface area contributed by atoms with Crippen molar-refractivity contribution in [1.29, 1.82) is 0 Å². The smallest absolute Gasteiger partial charge is 0.141 e. The van der Waals surface area contributed by atoms with Crippen molar-refractivity contribution in [3.63, 3.8) is 0 Å². The number of hydrogen-bond acceptors (Lipinski definition) is 3. The number of nitrogens with one attached hydrogen (secondary N) is 1. The predicted molar refractivity (Wildman–Crippen MR) is 82.2 cm³/mol. The number of aromatic nitrogens is 1. The van der Waals surface area contributed by atoms with Crippen molar-refractivity contribution in [2.75, 3.05) is 19.6 Å². The topological polar surface area (TPSA) is 28.2 Å². The Labute approximate surface area is 122 Å². The van der Waals surface area contributed by atoms with Gasteiger partial charge in [-0.15, -0.1) is 0 Å². The van der Waals surface area contributed by atoms with Gasteiger partial charge < -0.3 is 5.32 Å². The van der Waals surface area contributed by atoms with Gasteiger partial charge in [-0.1, -0.05) is 20.8 Å². The van der Waals surface area contributed by atoms with Crippen molar-refractivity contribution in [3.05, 3.63) is 29.8 Å². The van der Waals surface area contributed by atoms with E-state index in [0.29, 0.717) is 0 Å². The molecule has 0 amide bonds. The van der Waals surface area contributed by atoms with E-state index in [9.17, 15) is 4.39 Å². The summed E-state index contributed by atoms with van der Waals surface area (Å²) in [6, 6.07) is 1.65. The molecule has 1 unspecified atom stereocenters. The number of pyridine rings is 1. The lowest BCUT2D eigenvalue weighted by molar-refractivity contribution is 0.0909. The Morgan fingerprint density at radius 1 is 1.25 bits per heavy atom. The van der Waals surface area contributed by atoms with Crippen LogP contribution in [0.1, 0.15) is 52.6 Å². The molecule has 3 nitrogen and oxygen atoms in total. The molecule has 114 valence electrons. The molecule has 0 fully saturated rings. The van der Waals surface area contributed by atoms with Crippen molar-refractivity contribution in [2.45, 2.75) is 52.6 Å². The Bertz CT molecular complexity index is 402. The van der Waals surface area contributed by atoms with Gasteiger partial charge in [0.25, 0.3) is 0 Å². The maximum Gasteiger partial charge on any atom is 0.141 e. The summed E-state index contributed by atoms with van der Waals surface area (Å²) < 4.78 is 13.5. The number of nitrogens with zero attached hydrogens (tertiary/aromatic N) is 2. The summed E-state index contributed by atoms with van der Waals surface area (Å²) in [5.74, 6) is -0.277. The monoisotopic (exact) mass is 281 g/mol. The summed E-state index contributed by atoms with van der Waals surface area (Å²) in [5, 5.41) is 3.55. The lowest BCUT2D eigenvalue weighted by atomic mass is 9.87. The average molecular weight is 281 g/mol. The lowest BCUT2D eigenvalue weighted by Gasteiger charge is -2.44. The van der Waals surface area contributed by atoms with E-state index in [-0.39, 0.29) is 17.4 Å². The number of likely N-dealkylation sites (N-methyl/N-ethyl adjacent to an activating group) is 1. The van der Waals surface area contributed by atoms with E-state index < -0.39 is 0 Å². The quantitative estimate of drug-likeness (QED) is 0.792. The molecular weight excluding hydrogens is 253 g/mol. The van der Waals surface area contributed by atoms with Crippen molar-refractivity contribution in [2.24, 2.45) is 0 Å². The van der Waals surface area contributed by atoms with Gasteiger partial charge in [-0.3, -0.25) is 9.88 Å². The normalized spacial score (nSPS) is 13.8. The van der Waals surface area contributed by atoms with Crippen LogP contribution in [0, 0.1) is 5.82 Å². The molecule has 1 aromatic heterocycles. The highest BCUT2D eigenvalue weighted by molar-refractivity contribution is 5.20. The minimum atomic E-state index is -0.277. The van der Waals surface area contributed by atoms with Gasteiger partial charge in [-0.25, -0.2) is 4.39 Å². The van der Waals surface area contributed by atoms with E-state index in [0.717, 1.165) is 31.6 Å². The molecule has 4 heteroatoms. The second-order valence-corrected chi connectivity index (χ2v) is 5.65. The summed E-state index contributed by atoms with van der Waals surface area (Å²) in [7, 11) is 0. The molecule has 0 radical (unpaired) electrons. The molecule has 0 aliphatic heterocycles. The summed E-state index contributed by atoms with van der Waals surface area (Å²) in [5.41, 5.74) is 0.809. The fraction of sp³-hybridized carbons (Fsp3) is 0.688. The third-order valence-corrected chi connectivity index (χ3v) is 3.94. The molecule has 1 atom stereocenters. The van der Waals surface area contributed by atoms with Crippen LogP contribution in [0.5, 0.6) is 0 Å². The van der Waals surface area contributed by atoms with E-state index in [2.05, 4.69) is 49.8 Å². The minimum absolute atomic E-state index is 0.0607. The third kappa shape index (κ3) is 4.00. The molecule has 0 aliphatic carbocycles. The van der Waals surface area contributed by atoms with E-state index >= 15 is 0 Å². The summed E-state index contributed by atoms with van der Waals surface area (Å²) in [4.78, 5) is 6.40. The molecule has 1 aromatic rings. The van der Waals surface area contributed by atoms with Crippen molar-refractivity contribution in [1.82, 2.24) is 15.2 Å². The van der Waals surface area contributed by atoms with E-state index in [1.165, 1.54) is 6.20 Å². The van der Waals surface area contributed by atoms with Crippen molar-refractivity contribution in [3.8, 4) is 0 Å². The van der Waals surface area contributed by atoms with Gasteiger partial charge in [0.05, 0.1) is 12.2 Å². The standard InChI is InChI=1S/C16H28FN3/c1-6-9-19-15(13-10-14(17)12-18-11-13)16(4,5)20(7-2)8-3/h10-12,15,19H,6-9H2,1-5H3. The second kappa shape index (κ2) is 7.70. The van der Waals surface area contributed by atoms with Crippen molar-refractivity contribution < 1.29 is 4.39 Å². The zero-order chi connectivity index (χ0) is 15.2. The number of halogens is 1. The Morgan fingerprint density at radius 3 is 2.40 bits per heavy atom. The van der Waals surface area contributed by atoms with Gasteiger partial charge in [-0.05, 0) is 51.5 Å².